The molecule has 0 saturated heterocycles. The molecular weight excluding hydrogens is 229 g/mol. The molecule has 0 unspecified atom stereocenters. The van der Waals surface area contributed by atoms with E-state index < -0.39 is 12.6 Å². The van der Waals surface area contributed by atoms with Gasteiger partial charge in [0.1, 0.15) is 0 Å². The Morgan fingerprint density at radius 1 is 1.27 bits per heavy atom. The van der Waals surface area contributed by atoms with Crippen molar-refractivity contribution in [3.8, 4) is 0 Å². The maximum atomic E-state index is 11.7. The molecule has 0 N–H and O–H groups in total. The van der Waals surface area contributed by atoms with Crippen molar-refractivity contribution < 1.29 is 22.7 Å². The highest BCUT2D eigenvalue weighted by atomic mass is 32.2. The first kappa shape index (κ1) is 14.6. The second kappa shape index (κ2) is 7.84. The van der Waals surface area contributed by atoms with Crippen LogP contribution >= 0.6 is 11.8 Å². The minimum absolute atomic E-state index is 0.154. The summed E-state index contributed by atoms with van der Waals surface area (Å²) in [6.45, 7) is 1.68. The van der Waals surface area contributed by atoms with Crippen LogP contribution in [0.1, 0.15) is 26.2 Å². The van der Waals surface area contributed by atoms with Crippen molar-refractivity contribution in [1.29, 1.82) is 0 Å². The van der Waals surface area contributed by atoms with Gasteiger partial charge in [0.05, 0.1) is 6.61 Å². The van der Waals surface area contributed by atoms with E-state index in [9.17, 15) is 18.0 Å². The fourth-order valence-corrected chi connectivity index (χ4v) is 1.73. The quantitative estimate of drug-likeness (QED) is 0.508. The number of hydrogen-bond acceptors (Lipinski definition) is 3. The molecular formula is C9H15F3O2S. The zero-order valence-electron chi connectivity index (χ0n) is 8.60. The summed E-state index contributed by atoms with van der Waals surface area (Å²) in [6.07, 6.45) is -3.92. The molecule has 0 aliphatic rings. The summed E-state index contributed by atoms with van der Waals surface area (Å²) in [5.41, 5.74) is 0. The Kier molecular flexibility index (Phi) is 7.64. The van der Waals surface area contributed by atoms with E-state index in [-0.39, 0.29) is 12.4 Å². The predicted molar refractivity (Wildman–Crippen MR) is 53.9 cm³/mol. The van der Waals surface area contributed by atoms with Crippen molar-refractivity contribution in [1.82, 2.24) is 0 Å². The molecule has 0 aromatic rings. The molecule has 0 aliphatic heterocycles. The third-order valence-electron chi connectivity index (χ3n) is 1.49. The van der Waals surface area contributed by atoms with Crippen LogP contribution in [0.25, 0.3) is 0 Å². The number of rotatable bonds is 7. The molecule has 15 heavy (non-hydrogen) atoms. The minimum Gasteiger partial charge on any atom is -0.466 e. The summed E-state index contributed by atoms with van der Waals surface area (Å²) in [7, 11) is 0. The second-order valence-electron chi connectivity index (χ2n) is 3.02. The van der Waals surface area contributed by atoms with E-state index in [1.165, 1.54) is 18.7 Å². The zero-order chi connectivity index (χ0) is 11.7. The van der Waals surface area contributed by atoms with Crippen LogP contribution in [0.3, 0.4) is 0 Å². The molecule has 0 amide bonds. The highest BCUT2D eigenvalue weighted by Crippen LogP contribution is 2.22. The van der Waals surface area contributed by atoms with Gasteiger partial charge in [-0.25, -0.2) is 0 Å². The Balaban J connectivity index is 3.09. The summed E-state index contributed by atoms with van der Waals surface area (Å²) in [5.74, 6) is 0.905. The van der Waals surface area contributed by atoms with E-state index in [1.807, 2.05) is 0 Å². The first-order valence-electron chi connectivity index (χ1n) is 4.69. The van der Waals surface area contributed by atoms with Gasteiger partial charge in [0.2, 0.25) is 0 Å². The Labute approximate surface area is 91.6 Å². The molecule has 0 aliphatic carbocycles. The van der Waals surface area contributed by atoms with Crippen LogP contribution in [-0.2, 0) is 9.53 Å². The lowest BCUT2D eigenvalue weighted by atomic mass is 10.3. The smallest absolute Gasteiger partial charge is 0.389 e. The summed E-state index contributed by atoms with van der Waals surface area (Å²) in [6, 6.07) is 0. The van der Waals surface area contributed by atoms with Gasteiger partial charge in [-0.15, -0.1) is 0 Å². The third kappa shape index (κ3) is 13.6. The molecule has 0 rings (SSSR count). The Morgan fingerprint density at radius 2 is 1.87 bits per heavy atom. The van der Waals surface area contributed by atoms with Gasteiger partial charge >= 0.3 is 12.1 Å². The maximum Gasteiger partial charge on any atom is 0.389 e. The van der Waals surface area contributed by atoms with Crippen LogP contribution in [0.2, 0.25) is 0 Å². The highest BCUT2D eigenvalue weighted by molar-refractivity contribution is 7.99. The number of halogens is 3. The van der Waals surface area contributed by atoms with E-state index in [0.717, 1.165) is 5.75 Å². The summed E-state index contributed by atoms with van der Waals surface area (Å²) in [5, 5.41) is 0. The molecule has 0 spiro atoms. The monoisotopic (exact) mass is 244 g/mol. The molecule has 6 heteroatoms. The van der Waals surface area contributed by atoms with Crippen molar-refractivity contribution in [2.24, 2.45) is 0 Å². The van der Waals surface area contributed by atoms with Crippen LogP contribution in [-0.4, -0.2) is 30.3 Å². The average molecular weight is 244 g/mol. The highest BCUT2D eigenvalue weighted by Gasteiger charge is 2.25. The lowest BCUT2D eigenvalue weighted by Gasteiger charge is -2.05. The largest absolute Gasteiger partial charge is 0.466 e. The summed E-state index contributed by atoms with van der Waals surface area (Å²) >= 11 is 1.45. The predicted octanol–water partition coefficient (Wildman–Crippen LogP) is 3.02. The van der Waals surface area contributed by atoms with Crippen LogP contribution in [0.4, 0.5) is 13.2 Å². The molecule has 0 bridgehead atoms. The lowest BCUT2D eigenvalue weighted by molar-refractivity contribution is -0.141. The van der Waals surface area contributed by atoms with Gasteiger partial charge in [0.25, 0.3) is 0 Å². The number of carbonyl (C=O) groups is 1. The van der Waals surface area contributed by atoms with E-state index >= 15 is 0 Å². The fourth-order valence-electron chi connectivity index (χ4n) is 0.854. The van der Waals surface area contributed by atoms with Gasteiger partial charge in [0.15, 0.2) is 0 Å². The maximum absolute atomic E-state index is 11.7. The van der Waals surface area contributed by atoms with Gasteiger partial charge in [-0.1, -0.05) is 0 Å². The van der Waals surface area contributed by atoms with Crippen molar-refractivity contribution in [3.05, 3.63) is 0 Å². The van der Waals surface area contributed by atoms with Crippen molar-refractivity contribution in [2.75, 3.05) is 18.1 Å². The Morgan fingerprint density at radius 3 is 2.40 bits per heavy atom. The third-order valence-corrected chi connectivity index (χ3v) is 2.64. The number of ether oxygens (including phenoxy) is 1. The molecule has 0 aromatic heterocycles. The molecule has 0 heterocycles. The van der Waals surface area contributed by atoms with E-state index in [4.69, 9.17) is 0 Å². The molecule has 0 atom stereocenters. The average Bonchev–Trinajstić information content (AvgIpc) is 2.07. The molecule has 90 valence electrons. The number of thioether (sulfide) groups is 1. The second-order valence-corrected chi connectivity index (χ2v) is 4.25. The van der Waals surface area contributed by atoms with E-state index in [2.05, 4.69) is 4.74 Å². The van der Waals surface area contributed by atoms with Crippen LogP contribution in [0.5, 0.6) is 0 Å². The fraction of sp³-hybridized carbons (Fsp3) is 0.889. The number of carbonyl (C=O) groups excluding carboxylic acids is 1. The van der Waals surface area contributed by atoms with E-state index in [0.29, 0.717) is 18.8 Å². The summed E-state index contributed by atoms with van der Waals surface area (Å²) < 4.78 is 39.8. The molecule has 0 saturated carbocycles. The van der Waals surface area contributed by atoms with Crippen LogP contribution in [0, 0.1) is 0 Å². The summed E-state index contributed by atoms with van der Waals surface area (Å²) in [4.78, 5) is 10.3. The van der Waals surface area contributed by atoms with Gasteiger partial charge in [0, 0.05) is 13.3 Å². The van der Waals surface area contributed by atoms with Crippen LogP contribution < -0.4 is 0 Å². The normalized spacial score (nSPS) is 11.5. The Bertz CT molecular complexity index is 183. The first-order chi connectivity index (χ1) is 6.92. The topological polar surface area (TPSA) is 26.3 Å². The Hall–Kier alpha value is -0.390. The molecule has 0 fully saturated rings. The zero-order valence-corrected chi connectivity index (χ0v) is 9.42. The standard InChI is InChI=1S/C9H15F3O2S/c1-8(13)14-5-3-7-15-6-2-4-9(10,11)12/h2-7H2,1H3. The lowest BCUT2D eigenvalue weighted by Crippen LogP contribution is -2.07. The molecule has 0 aromatic carbocycles. The van der Waals surface area contributed by atoms with Gasteiger partial charge in [-0.2, -0.15) is 24.9 Å². The molecule has 2 nitrogen and oxygen atoms in total. The van der Waals surface area contributed by atoms with E-state index in [1.54, 1.807) is 0 Å². The number of alkyl halides is 3. The SMILES string of the molecule is CC(=O)OCCCSCCCC(F)(F)F. The van der Waals surface area contributed by atoms with Gasteiger partial charge in [-0.05, 0) is 24.3 Å². The van der Waals surface area contributed by atoms with Crippen LogP contribution in [0.15, 0.2) is 0 Å². The first-order valence-corrected chi connectivity index (χ1v) is 5.85. The van der Waals surface area contributed by atoms with Crippen molar-refractivity contribution in [2.45, 2.75) is 32.4 Å². The minimum atomic E-state index is -4.04. The van der Waals surface area contributed by atoms with Crippen molar-refractivity contribution in [3.63, 3.8) is 0 Å². The number of esters is 1. The van der Waals surface area contributed by atoms with Gasteiger partial charge in [-0.3, -0.25) is 4.79 Å². The molecule has 0 radical (unpaired) electrons. The number of hydrogen-bond donors (Lipinski definition) is 0. The van der Waals surface area contributed by atoms with Crippen molar-refractivity contribution >= 4 is 17.7 Å². The van der Waals surface area contributed by atoms with Gasteiger partial charge < -0.3 is 4.74 Å².